The number of hydrazone groups is 1. The molecule has 4 aromatic rings. The van der Waals surface area contributed by atoms with Crippen molar-refractivity contribution in [2.45, 2.75) is 27.3 Å². The number of aryl methyl sites for hydroxylation is 2. The van der Waals surface area contributed by atoms with E-state index in [0.29, 0.717) is 12.1 Å². The maximum Gasteiger partial charge on any atom is 0.294 e. The zero-order chi connectivity index (χ0) is 24.4. The molecule has 0 unspecified atom stereocenters. The molecule has 15 nitrogen and oxygen atoms in total. The van der Waals surface area contributed by atoms with Gasteiger partial charge in [0, 0.05) is 35.5 Å². The van der Waals surface area contributed by atoms with E-state index in [1.165, 1.54) is 30.5 Å². The van der Waals surface area contributed by atoms with Crippen LogP contribution in [0.5, 0.6) is 0 Å². The van der Waals surface area contributed by atoms with Crippen molar-refractivity contribution in [3.63, 3.8) is 0 Å². The van der Waals surface area contributed by atoms with E-state index >= 15 is 0 Å². The smallest absolute Gasteiger partial charge is 0.294 e. The zero-order valence-corrected chi connectivity index (χ0v) is 18.3. The maximum atomic E-state index is 12.9. The van der Waals surface area contributed by atoms with E-state index in [1.807, 2.05) is 25.5 Å². The van der Waals surface area contributed by atoms with Crippen LogP contribution in [0.2, 0.25) is 0 Å². The van der Waals surface area contributed by atoms with Gasteiger partial charge < -0.3 is 5.73 Å². The number of nitro benzene ring substituents is 1. The van der Waals surface area contributed by atoms with Crippen LogP contribution in [0.4, 0.5) is 11.5 Å². The van der Waals surface area contributed by atoms with Crippen LogP contribution in [0, 0.1) is 24.0 Å². The van der Waals surface area contributed by atoms with E-state index in [2.05, 4.69) is 40.9 Å². The Bertz CT molecular complexity index is 1400. The number of aromatic nitrogens is 7. The molecule has 1 amide bonds. The summed E-state index contributed by atoms with van der Waals surface area (Å²) in [5.41, 5.74) is 11.0. The first-order chi connectivity index (χ1) is 16.3. The van der Waals surface area contributed by atoms with Crippen molar-refractivity contribution in [1.29, 1.82) is 0 Å². The molecule has 3 heterocycles. The van der Waals surface area contributed by atoms with Gasteiger partial charge >= 0.3 is 0 Å². The number of anilines is 1. The Kier molecular flexibility index (Phi) is 5.82. The molecule has 0 saturated heterocycles. The van der Waals surface area contributed by atoms with Gasteiger partial charge in [0.2, 0.25) is 11.6 Å². The van der Waals surface area contributed by atoms with Gasteiger partial charge in [-0.3, -0.25) is 19.6 Å². The Morgan fingerprint density at radius 1 is 1.29 bits per heavy atom. The van der Waals surface area contributed by atoms with Crippen molar-refractivity contribution < 1.29 is 14.3 Å². The fourth-order valence-corrected chi connectivity index (χ4v) is 3.33. The van der Waals surface area contributed by atoms with Gasteiger partial charge in [-0.1, -0.05) is 5.21 Å². The molecular formula is C19H19N11O4. The van der Waals surface area contributed by atoms with Gasteiger partial charge in [0.1, 0.15) is 5.69 Å². The number of nitrogen functional groups attached to an aromatic ring is 1. The highest BCUT2D eigenvalue weighted by Gasteiger charge is 2.25. The number of benzene rings is 1. The van der Waals surface area contributed by atoms with Gasteiger partial charge in [0.05, 0.1) is 16.8 Å². The number of rotatable bonds is 7. The number of hydrogen-bond donors (Lipinski definition) is 2. The highest BCUT2D eigenvalue weighted by atomic mass is 16.6. The van der Waals surface area contributed by atoms with Gasteiger partial charge in [0.25, 0.3) is 11.6 Å². The predicted octanol–water partition coefficient (Wildman–Crippen LogP) is 1.40. The Labute approximate surface area is 191 Å². The number of carbonyl (C=O) groups excluding carboxylic acids is 1. The highest BCUT2D eigenvalue weighted by Crippen LogP contribution is 2.28. The summed E-state index contributed by atoms with van der Waals surface area (Å²) >= 11 is 0. The van der Waals surface area contributed by atoms with Crippen LogP contribution < -0.4 is 11.2 Å². The summed E-state index contributed by atoms with van der Waals surface area (Å²) in [5, 5.41) is 34.5. The fraction of sp³-hybridized carbons (Fsp3) is 0.211. The fourth-order valence-electron chi connectivity index (χ4n) is 3.33. The van der Waals surface area contributed by atoms with E-state index in [0.717, 1.165) is 21.6 Å². The van der Waals surface area contributed by atoms with Crippen LogP contribution in [0.3, 0.4) is 0 Å². The van der Waals surface area contributed by atoms with Crippen LogP contribution in [0.1, 0.15) is 34.4 Å². The molecule has 1 aromatic carbocycles. The normalized spacial score (nSPS) is 11.3. The molecular weight excluding hydrogens is 446 g/mol. The van der Waals surface area contributed by atoms with Gasteiger partial charge in [-0.2, -0.15) is 14.9 Å². The summed E-state index contributed by atoms with van der Waals surface area (Å²) in [6.07, 6.45) is 1.50. The van der Waals surface area contributed by atoms with Gasteiger partial charge in [-0.15, -0.1) is 5.10 Å². The van der Waals surface area contributed by atoms with E-state index in [4.69, 9.17) is 5.73 Å². The summed E-state index contributed by atoms with van der Waals surface area (Å²) in [6.45, 7) is 6.43. The van der Waals surface area contributed by atoms with E-state index in [1.54, 1.807) is 0 Å². The lowest BCUT2D eigenvalue weighted by atomic mass is 10.1. The van der Waals surface area contributed by atoms with Crippen molar-refractivity contribution >= 4 is 23.6 Å². The van der Waals surface area contributed by atoms with Crippen molar-refractivity contribution in [2.24, 2.45) is 5.10 Å². The summed E-state index contributed by atoms with van der Waals surface area (Å²) in [6, 6.07) is 5.47. The predicted molar refractivity (Wildman–Crippen MR) is 118 cm³/mol. The molecule has 3 N–H and O–H groups in total. The van der Waals surface area contributed by atoms with E-state index < -0.39 is 10.8 Å². The third kappa shape index (κ3) is 3.96. The molecule has 34 heavy (non-hydrogen) atoms. The molecule has 174 valence electrons. The Morgan fingerprint density at radius 3 is 2.62 bits per heavy atom. The monoisotopic (exact) mass is 465 g/mol. The Hall–Kier alpha value is -4.95. The molecule has 0 aliphatic heterocycles. The molecule has 0 fully saturated rings. The Morgan fingerprint density at radius 2 is 2.03 bits per heavy atom. The number of carbonyl (C=O) groups is 1. The first-order valence-electron chi connectivity index (χ1n) is 9.98. The van der Waals surface area contributed by atoms with Crippen LogP contribution in [0.15, 0.2) is 34.0 Å². The first-order valence-corrected chi connectivity index (χ1v) is 9.98. The summed E-state index contributed by atoms with van der Waals surface area (Å²) < 4.78 is 7.61. The summed E-state index contributed by atoms with van der Waals surface area (Å²) in [5.74, 6) is -0.761. The standard InChI is InChI=1S/C19H19N11O4/c1-4-28-11(3)14(10(2)24-28)9-21-23-19(31)15-16(12-5-7-13(8-6-12)30(32)33)29(27-22-15)18-17(20)25-34-26-18/h5-9H,4H2,1-3H3,(H2,20,25)(H,23,31)/b21-9-. The lowest BCUT2D eigenvalue weighted by Crippen LogP contribution is -2.19. The van der Waals surface area contributed by atoms with E-state index in [-0.39, 0.29) is 28.7 Å². The molecule has 0 bridgehead atoms. The molecule has 0 atom stereocenters. The summed E-state index contributed by atoms with van der Waals surface area (Å²) in [7, 11) is 0. The van der Waals surface area contributed by atoms with Gasteiger partial charge in [0.15, 0.2) is 5.69 Å². The summed E-state index contributed by atoms with van der Waals surface area (Å²) in [4.78, 5) is 23.4. The second-order valence-electron chi connectivity index (χ2n) is 7.07. The maximum absolute atomic E-state index is 12.9. The number of nitrogens with two attached hydrogens (primary N) is 1. The molecule has 15 heteroatoms. The van der Waals surface area contributed by atoms with Crippen LogP contribution in [-0.2, 0) is 6.54 Å². The number of hydrogen-bond acceptors (Lipinski definition) is 11. The molecule has 4 rings (SSSR count). The Balaban J connectivity index is 1.69. The quantitative estimate of drug-likeness (QED) is 0.228. The molecule has 0 saturated carbocycles. The highest BCUT2D eigenvalue weighted by molar-refractivity contribution is 5.99. The van der Waals surface area contributed by atoms with Crippen molar-refractivity contribution in [2.75, 3.05) is 5.73 Å². The minimum atomic E-state index is -0.677. The first kappa shape index (κ1) is 22.3. The van der Waals surface area contributed by atoms with Crippen molar-refractivity contribution in [1.82, 2.24) is 40.5 Å². The molecule has 3 aromatic heterocycles. The molecule has 0 aliphatic carbocycles. The molecule has 0 radical (unpaired) electrons. The second kappa shape index (κ2) is 8.89. The number of non-ortho nitro benzene ring substituents is 1. The third-order valence-corrected chi connectivity index (χ3v) is 5.03. The minimum Gasteiger partial charge on any atom is -0.378 e. The van der Waals surface area contributed by atoms with Crippen molar-refractivity contribution in [3.8, 4) is 17.1 Å². The average molecular weight is 465 g/mol. The SMILES string of the molecule is CCn1nc(C)c(/C=N\NC(=O)c2nnn(-c3nonc3N)c2-c2ccc([N+](=O)[O-])cc2)c1C. The number of nitro groups is 1. The van der Waals surface area contributed by atoms with Crippen LogP contribution >= 0.6 is 0 Å². The van der Waals surface area contributed by atoms with Crippen LogP contribution in [-0.4, -0.2) is 52.1 Å². The molecule has 0 spiro atoms. The van der Waals surface area contributed by atoms with E-state index in [9.17, 15) is 14.9 Å². The average Bonchev–Trinajstić information content (AvgIpc) is 3.51. The topological polar surface area (TPSA) is 198 Å². The second-order valence-corrected chi connectivity index (χ2v) is 7.07. The number of amides is 1. The lowest BCUT2D eigenvalue weighted by molar-refractivity contribution is -0.384. The largest absolute Gasteiger partial charge is 0.378 e. The third-order valence-electron chi connectivity index (χ3n) is 5.03. The van der Waals surface area contributed by atoms with Crippen molar-refractivity contribution in [3.05, 3.63) is 57.0 Å². The lowest BCUT2D eigenvalue weighted by Gasteiger charge is -2.05. The van der Waals surface area contributed by atoms with Gasteiger partial charge in [-0.05, 0) is 43.2 Å². The minimum absolute atomic E-state index is 0.00151. The number of nitrogens with zero attached hydrogens (tertiary/aromatic N) is 9. The van der Waals surface area contributed by atoms with Gasteiger partial charge in [-0.25, -0.2) is 10.1 Å². The van der Waals surface area contributed by atoms with Crippen LogP contribution in [0.25, 0.3) is 17.1 Å². The number of nitrogens with one attached hydrogen (secondary N) is 1. The molecule has 0 aliphatic rings. The zero-order valence-electron chi connectivity index (χ0n) is 18.3.